The first kappa shape index (κ1) is 16.2. The third kappa shape index (κ3) is 3.73. The normalized spacial score (nSPS) is 11.1. The van der Waals surface area contributed by atoms with Gasteiger partial charge in [0.2, 0.25) is 0 Å². The van der Waals surface area contributed by atoms with E-state index in [-0.39, 0.29) is 11.4 Å². The maximum absolute atomic E-state index is 12.6. The van der Waals surface area contributed by atoms with Gasteiger partial charge in [-0.3, -0.25) is 20.2 Å². The summed E-state index contributed by atoms with van der Waals surface area (Å²) in [4.78, 5) is 20.0. The van der Waals surface area contributed by atoms with E-state index in [0.29, 0.717) is 0 Å². The average Bonchev–Trinajstić information content (AvgIpc) is 2.46. The molecular formula is C13H8F3N3O4. The summed E-state index contributed by atoms with van der Waals surface area (Å²) in [5.74, 6) is 0. The number of alkyl halides is 3. The quantitative estimate of drug-likeness (QED) is 0.668. The molecule has 0 amide bonds. The van der Waals surface area contributed by atoms with E-state index in [2.05, 4.69) is 5.32 Å². The lowest BCUT2D eigenvalue weighted by molar-refractivity contribution is -0.393. The largest absolute Gasteiger partial charge is 0.416 e. The maximum atomic E-state index is 12.6. The van der Waals surface area contributed by atoms with Crippen molar-refractivity contribution in [2.45, 2.75) is 6.18 Å². The van der Waals surface area contributed by atoms with Gasteiger partial charge in [-0.05, 0) is 24.3 Å². The molecule has 23 heavy (non-hydrogen) atoms. The number of nitrogens with one attached hydrogen (secondary N) is 1. The molecule has 1 N–H and O–H groups in total. The monoisotopic (exact) mass is 327 g/mol. The van der Waals surface area contributed by atoms with Crippen LogP contribution in [0.5, 0.6) is 0 Å². The SMILES string of the molecule is O=[N+]([O-])c1ccc(Nc2cccc(C(F)(F)F)c2)c([N+](=O)[O-])c1. The first-order valence-electron chi connectivity index (χ1n) is 6.05. The molecule has 0 unspecified atom stereocenters. The Bertz CT molecular complexity index is 777. The third-order valence-electron chi connectivity index (χ3n) is 2.86. The number of nitro groups is 2. The van der Waals surface area contributed by atoms with Crippen molar-refractivity contribution in [2.75, 3.05) is 5.32 Å². The lowest BCUT2D eigenvalue weighted by atomic mass is 10.1. The Morgan fingerprint density at radius 3 is 2.22 bits per heavy atom. The standard InChI is InChI=1S/C13H8F3N3O4/c14-13(15,16)8-2-1-3-9(6-8)17-11-5-4-10(18(20)21)7-12(11)19(22)23/h1-7,17H. The number of hydrogen-bond acceptors (Lipinski definition) is 5. The van der Waals surface area contributed by atoms with Crippen LogP contribution in [0.25, 0.3) is 0 Å². The smallest absolute Gasteiger partial charge is 0.350 e. The highest BCUT2D eigenvalue weighted by atomic mass is 19.4. The molecule has 0 saturated heterocycles. The summed E-state index contributed by atoms with van der Waals surface area (Å²) in [6, 6.07) is 6.89. The van der Waals surface area contributed by atoms with Crippen LogP contribution in [0.2, 0.25) is 0 Å². The van der Waals surface area contributed by atoms with Gasteiger partial charge in [0.15, 0.2) is 0 Å². The van der Waals surface area contributed by atoms with Crippen molar-refractivity contribution in [1.29, 1.82) is 0 Å². The first-order valence-corrected chi connectivity index (χ1v) is 6.05. The zero-order valence-corrected chi connectivity index (χ0v) is 11.2. The van der Waals surface area contributed by atoms with E-state index < -0.39 is 33.0 Å². The van der Waals surface area contributed by atoms with Crippen LogP contribution in [0.15, 0.2) is 42.5 Å². The van der Waals surface area contributed by atoms with E-state index >= 15 is 0 Å². The van der Waals surface area contributed by atoms with E-state index in [4.69, 9.17) is 0 Å². The van der Waals surface area contributed by atoms with Gasteiger partial charge in [0.1, 0.15) is 5.69 Å². The van der Waals surface area contributed by atoms with Crippen molar-refractivity contribution in [3.05, 3.63) is 68.3 Å². The summed E-state index contributed by atoms with van der Waals surface area (Å²) in [6.07, 6.45) is -4.56. The van der Waals surface area contributed by atoms with Gasteiger partial charge in [-0.15, -0.1) is 0 Å². The minimum Gasteiger partial charge on any atom is -0.350 e. The summed E-state index contributed by atoms with van der Waals surface area (Å²) >= 11 is 0. The van der Waals surface area contributed by atoms with Crippen LogP contribution in [0, 0.1) is 20.2 Å². The summed E-state index contributed by atoms with van der Waals surface area (Å²) in [7, 11) is 0. The minimum atomic E-state index is -4.56. The van der Waals surface area contributed by atoms with Crippen molar-refractivity contribution in [2.24, 2.45) is 0 Å². The fourth-order valence-electron chi connectivity index (χ4n) is 1.82. The molecule has 0 atom stereocenters. The predicted octanol–water partition coefficient (Wildman–Crippen LogP) is 4.27. The van der Waals surface area contributed by atoms with Crippen molar-refractivity contribution in [1.82, 2.24) is 0 Å². The number of hydrogen-bond donors (Lipinski definition) is 1. The Hall–Kier alpha value is -3.17. The maximum Gasteiger partial charge on any atom is 0.416 e. The Kier molecular flexibility index (Phi) is 4.16. The van der Waals surface area contributed by atoms with Gasteiger partial charge in [-0.2, -0.15) is 13.2 Å². The molecule has 0 heterocycles. The molecule has 2 aromatic carbocycles. The number of halogens is 3. The molecule has 2 aromatic rings. The molecule has 0 spiro atoms. The summed E-state index contributed by atoms with van der Waals surface area (Å²) in [6.45, 7) is 0. The Morgan fingerprint density at radius 1 is 0.957 bits per heavy atom. The molecular weight excluding hydrogens is 319 g/mol. The molecule has 7 nitrogen and oxygen atoms in total. The van der Waals surface area contributed by atoms with Crippen LogP contribution < -0.4 is 5.32 Å². The van der Waals surface area contributed by atoms with E-state index in [1.54, 1.807) is 0 Å². The van der Waals surface area contributed by atoms with Crippen molar-refractivity contribution < 1.29 is 23.0 Å². The molecule has 0 aliphatic heterocycles. The molecule has 0 aromatic heterocycles. The number of benzene rings is 2. The number of nitrogens with zero attached hydrogens (tertiary/aromatic N) is 2. The summed E-state index contributed by atoms with van der Waals surface area (Å²) in [5, 5.41) is 24.1. The highest BCUT2D eigenvalue weighted by molar-refractivity contribution is 5.72. The molecule has 120 valence electrons. The molecule has 2 rings (SSSR count). The number of nitro benzene ring substituents is 2. The summed E-state index contributed by atoms with van der Waals surface area (Å²) in [5.41, 5.74) is -2.22. The average molecular weight is 327 g/mol. The Morgan fingerprint density at radius 2 is 1.65 bits per heavy atom. The van der Waals surface area contributed by atoms with Gasteiger partial charge in [0.25, 0.3) is 11.4 Å². The minimum absolute atomic E-state index is 0.0308. The second kappa shape index (κ2) is 5.91. The van der Waals surface area contributed by atoms with Crippen LogP contribution in [0.1, 0.15) is 5.56 Å². The number of anilines is 2. The molecule has 0 aliphatic rings. The van der Waals surface area contributed by atoms with Crippen molar-refractivity contribution in [3.8, 4) is 0 Å². The lowest BCUT2D eigenvalue weighted by Crippen LogP contribution is -2.05. The molecule has 0 aliphatic carbocycles. The topological polar surface area (TPSA) is 98.3 Å². The zero-order valence-electron chi connectivity index (χ0n) is 11.2. The van der Waals surface area contributed by atoms with Crippen LogP contribution >= 0.6 is 0 Å². The fraction of sp³-hybridized carbons (Fsp3) is 0.0769. The second-order valence-corrected chi connectivity index (χ2v) is 4.42. The van der Waals surface area contributed by atoms with E-state index in [1.807, 2.05) is 0 Å². The van der Waals surface area contributed by atoms with E-state index in [0.717, 1.165) is 36.4 Å². The molecule has 0 radical (unpaired) electrons. The first-order chi connectivity index (χ1) is 10.7. The van der Waals surface area contributed by atoms with Crippen LogP contribution in [-0.2, 0) is 6.18 Å². The predicted molar refractivity (Wildman–Crippen MR) is 74.5 cm³/mol. The van der Waals surface area contributed by atoms with Crippen LogP contribution in [0.4, 0.5) is 35.9 Å². The summed E-state index contributed by atoms with van der Waals surface area (Å²) < 4.78 is 37.9. The number of non-ortho nitro benzene ring substituents is 1. The lowest BCUT2D eigenvalue weighted by Gasteiger charge is -2.10. The second-order valence-electron chi connectivity index (χ2n) is 4.42. The van der Waals surface area contributed by atoms with Gasteiger partial charge < -0.3 is 5.32 Å². The molecule has 0 saturated carbocycles. The third-order valence-corrected chi connectivity index (χ3v) is 2.86. The van der Waals surface area contributed by atoms with Gasteiger partial charge in [0.05, 0.1) is 21.5 Å². The Balaban J connectivity index is 2.40. The van der Waals surface area contributed by atoms with Crippen LogP contribution in [-0.4, -0.2) is 9.85 Å². The van der Waals surface area contributed by atoms with Gasteiger partial charge in [-0.1, -0.05) is 6.07 Å². The highest BCUT2D eigenvalue weighted by Crippen LogP contribution is 2.34. The fourth-order valence-corrected chi connectivity index (χ4v) is 1.82. The van der Waals surface area contributed by atoms with Crippen molar-refractivity contribution >= 4 is 22.7 Å². The van der Waals surface area contributed by atoms with Gasteiger partial charge >= 0.3 is 6.18 Å². The van der Waals surface area contributed by atoms with Gasteiger partial charge in [-0.25, -0.2) is 0 Å². The molecule has 0 fully saturated rings. The Labute approximate surface area is 126 Å². The molecule has 0 bridgehead atoms. The van der Waals surface area contributed by atoms with E-state index in [1.165, 1.54) is 6.07 Å². The van der Waals surface area contributed by atoms with Crippen LogP contribution in [0.3, 0.4) is 0 Å². The number of rotatable bonds is 4. The zero-order chi connectivity index (χ0) is 17.2. The molecule has 10 heteroatoms. The van der Waals surface area contributed by atoms with Gasteiger partial charge in [0, 0.05) is 11.8 Å². The van der Waals surface area contributed by atoms with Crippen molar-refractivity contribution in [3.63, 3.8) is 0 Å². The van der Waals surface area contributed by atoms with E-state index in [9.17, 15) is 33.4 Å². The highest BCUT2D eigenvalue weighted by Gasteiger charge is 2.30.